The number of nitrogens with zero attached hydrogens (tertiary/aromatic N) is 1. The molecule has 5 heteroatoms. The lowest BCUT2D eigenvalue weighted by Gasteiger charge is -2.38. The summed E-state index contributed by atoms with van der Waals surface area (Å²) in [6, 6.07) is 17.2. The molecule has 0 saturated heterocycles. The Hall–Kier alpha value is -1.89. The van der Waals surface area contributed by atoms with Crippen LogP contribution in [0.5, 0.6) is 0 Å². The van der Waals surface area contributed by atoms with Crippen molar-refractivity contribution in [1.29, 1.82) is 0 Å². The zero-order valence-electron chi connectivity index (χ0n) is 17.1. The minimum Gasteiger partial charge on any atom is -0.350 e. The Kier molecular flexibility index (Phi) is 7.70. The maximum absolute atomic E-state index is 13.4. The molecule has 4 nitrogen and oxygen atoms in total. The number of hydrogen-bond acceptors (Lipinski definition) is 2. The molecule has 2 amide bonds. The first kappa shape index (κ1) is 21.8. The maximum Gasteiger partial charge on any atom is 0.243 e. The number of anilines is 1. The fraction of sp³-hybridized carbons (Fsp3) is 0.417. The van der Waals surface area contributed by atoms with Gasteiger partial charge in [-0.25, -0.2) is 0 Å². The van der Waals surface area contributed by atoms with Gasteiger partial charge in [0.2, 0.25) is 11.8 Å². The van der Waals surface area contributed by atoms with Gasteiger partial charge < -0.3 is 5.32 Å². The molecule has 0 radical (unpaired) electrons. The standard InChI is InChI=1S/C24H29IN2O2/c1-17-11-13-20(14-12-17)23(24(29)26-16-19-7-4-3-5-8-19)27(18(2)28)22-10-6-9-21(25)15-22/h3-10,15,17,20,23H,11-14,16H2,1-2H3,(H,26,29). The Morgan fingerprint density at radius 1 is 1.07 bits per heavy atom. The van der Waals surface area contributed by atoms with Gasteiger partial charge in [0.1, 0.15) is 6.04 Å². The molecule has 1 aliphatic rings. The molecule has 1 atom stereocenters. The van der Waals surface area contributed by atoms with Crippen molar-refractivity contribution in [2.75, 3.05) is 4.90 Å². The lowest BCUT2D eigenvalue weighted by Crippen LogP contribution is -2.53. The average molecular weight is 504 g/mol. The third-order valence-electron chi connectivity index (χ3n) is 5.79. The van der Waals surface area contributed by atoms with Gasteiger partial charge in [-0.1, -0.05) is 56.2 Å². The van der Waals surface area contributed by atoms with E-state index >= 15 is 0 Å². The summed E-state index contributed by atoms with van der Waals surface area (Å²) >= 11 is 2.25. The van der Waals surface area contributed by atoms with E-state index < -0.39 is 6.04 Å². The Labute approximate surface area is 187 Å². The van der Waals surface area contributed by atoms with Gasteiger partial charge in [0.15, 0.2) is 0 Å². The first-order chi connectivity index (χ1) is 14.0. The first-order valence-electron chi connectivity index (χ1n) is 10.3. The quantitative estimate of drug-likeness (QED) is 0.553. The summed E-state index contributed by atoms with van der Waals surface area (Å²) in [4.78, 5) is 27.8. The fourth-order valence-corrected chi connectivity index (χ4v) is 4.72. The van der Waals surface area contributed by atoms with E-state index in [4.69, 9.17) is 0 Å². The summed E-state index contributed by atoms with van der Waals surface area (Å²) in [7, 11) is 0. The second-order valence-electron chi connectivity index (χ2n) is 8.04. The molecule has 1 unspecified atom stereocenters. The third-order valence-corrected chi connectivity index (χ3v) is 6.46. The minimum absolute atomic E-state index is 0.0672. The van der Waals surface area contributed by atoms with Gasteiger partial charge in [0, 0.05) is 22.7 Å². The Bertz CT molecular complexity index is 832. The number of nitrogens with one attached hydrogen (secondary N) is 1. The number of hydrogen-bond donors (Lipinski definition) is 1. The summed E-state index contributed by atoms with van der Waals surface area (Å²) < 4.78 is 1.05. The number of halogens is 1. The van der Waals surface area contributed by atoms with E-state index in [1.807, 2.05) is 54.6 Å². The molecule has 0 aliphatic heterocycles. The van der Waals surface area contributed by atoms with Crippen molar-refractivity contribution in [3.63, 3.8) is 0 Å². The highest BCUT2D eigenvalue weighted by atomic mass is 127. The van der Waals surface area contributed by atoms with Crippen LogP contribution in [-0.2, 0) is 16.1 Å². The van der Waals surface area contributed by atoms with Gasteiger partial charge in [-0.05, 0) is 71.0 Å². The van der Waals surface area contributed by atoms with Crippen molar-refractivity contribution >= 4 is 40.1 Å². The molecule has 1 saturated carbocycles. The third kappa shape index (κ3) is 5.81. The van der Waals surface area contributed by atoms with Crippen molar-refractivity contribution in [2.45, 2.75) is 52.1 Å². The van der Waals surface area contributed by atoms with Crippen LogP contribution in [-0.4, -0.2) is 17.9 Å². The highest BCUT2D eigenvalue weighted by Gasteiger charge is 2.37. The van der Waals surface area contributed by atoms with Crippen molar-refractivity contribution in [1.82, 2.24) is 5.32 Å². The predicted molar refractivity (Wildman–Crippen MR) is 126 cm³/mol. The molecule has 1 aliphatic carbocycles. The van der Waals surface area contributed by atoms with E-state index in [9.17, 15) is 9.59 Å². The highest BCUT2D eigenvalue weighted by Crippen LogP contribution is 2.34. The van der Waals surface area contributed by atoms with Gasteiger partial charge in [-0.3, -0.25) is 14.5 Å². The van der Waals surface area contributed by atoms with Crippen LogP contribution in [0.4, 0.5) is 5.69 Å². The van der Waals surface area contributed by atoms with Crippen LogP contribution in [0.2, 0.25) is 0 Å². The molecule has 2 aromatic rings. The molecule has 0 heterocycles. The second kappa shape index (κ2) is 10.2. The minimum atomic E-state index is -0.484. The van der Waals surface area contributed by atoms with Gasteiger partial charge in [0.05, 0.1) is 0 Å². The number of rotatable bonds is 6. The summed E-state index contributed by atoms with van der Waals surface area (Å²) in [6.45, 7) is 4.29. The van der Waals surface area contributed by atoms with E-state index in [1.54, 1.807) is 11.8 Å². The first-order valence-corrected chi connectivity index (χ1v) is 11.4. The number of carbonyl (C=O) groups excluding carboxylic acids is 2. The SMILES string of the molecule is CC(=O)N(c1cccc(I)c1)C(C(=O)NCc1ccccc1)C1CCC(C)CC1. The summed E-state index contributed by atoms with van der Waals surface area (Å²) in [6.07, 6.45) is 4.15. The zero-order chi connectivity index (χ0) is 20.8. The lowest BCUT2D eigenvalue weighted by atomic mass is 9.78. The van der Waals surface area contributed by atoms with Crippen LogP contribution in [0.1, 0.15) is 45.1 Å². The molecule has 0 aromatic heterocycles. The predicted octanol–water partition coefficient (Wildman–Crippen LogP) is 5.16. The summed E-state index contributed by atoms with van der Waals surface area (Å²) in [5, 5.41) is 3.09. The smallest absolute Gasteiger partial charge is 0.243 e. The molecule has 3 rings (SSSR count). The topological polar surface area (TPSA) is 49.4 Å². The van der Waals surface area contributed by atoms with Crippen molar-refractivity contribution in [2.24, 2.45) is 11.8 Å². The van der Waals surface area contributed by atoms with Gasteiger partial charge in [-0.15, -0.1) is 0 Å². The highest BCUT2D eigenvalue weighted by molar-refractivity contribution is 14.1. The molecule has 1 fully saturated rings. The number of benzene rings is 2. The van der Waals surface area contributed by atoms with Crippen LogP contribution >= 0.6 is 22.6 Å². The van der Waals surface area contributed by atoms with Crippen molar-refractivity contribution in [3.8, 4) is 0 Å². The Balaban J connectivity index is 1.88. The van der Waals surface area contributed by atoms with Gasteiger partial charge in [0.25, 0.3) is 0 Å². The number of carbonyl (C=O) groups is 2. The van der Waals surface area contributed by atoms with E-state index in [0.717, 1.165) is 40.5 Å². The van der Waals surface area contributed by atoms with Crippen LogP contribution in [0.25, 0.3) is 0 Å². The van der Waals surface area contributed by atoms with Crippen LogP contribution in [0.15, 0.2) is 54.6 Å². The molecular formula is C24H29IN2O2. The number of amides is 2. The Morgan fingerprint density at radius 2 is 1.76 bits per heavy atom. The molecule has 0 spiro atoms. The van der Waals surface area contributed by atoms with Crippen LogP contribution in [0, 0.1) is 15.4 Å². The van der Waals surface area contributed by atoms with Gasteiger partial charge >= 0.3 is 0 Å². The summed E-state index contributed by atoms with van der Waals surface area (Å²) in [5.74, 6) is 0.694. The Morgan fingerprint density at radius 3 is 2.38 bits per heavy atom. The normalized spacial score (nSPS) is 20.0. The molecular weight excluding hydrogens is 475 g/mol. The molecule has 1 N–H and O–H groups in total. The largest absolute Gasteiger partial charge is 0.350 e. The molecule has 29 heavy (non-hydrogen) atoms. The van der Waals surface area contributed by atoms with Crippen molar-refractivity contribution in [3.05, 3.63) is 63.7 Å². The van der Waals surface area contributed by atoms with Gasteiger partial charge in [-0.2, -0.15) is 0 Å². The molecule has 2 aromatic carbocycles. The van der Waals surface area contributed by atoms with Crippen molar-refractivity contribution < 1.29 is 9.59 Å². The zero-order valence-corrected chi connectivity index (χ0v) is 19.3. The lowest BCUT2D eigenvalue weighted by molar-refractivity contribution is -0.127. The average Bonchev–Trinajstić information content (AvgIpc) is 2.71. The summed E-state index contributed by atoms with van der Waals surface area (Å²) in [5.41, 5.74) is 1.85. The van der Waals surface area contributed by atoms with E-state index in [1.165, 1.54) is 0 Å². The van der Waals surface area contributed by atoms with Crippen LogP contribution < -0.4 is 10.2 Å². The molecule has 0 bridgehead atoms. The monoisotopic (exact) mass is 504 g/mol. The maximum atomic E-state index is 13.4. The second-order valence-corrected chi connectivity index (χ2v) is 9.28. The van der Waals surface area contributed by atoms with E-state index in [-0.39, 0.29) is 17.7 Å². The molecule has 154 valence electrons. The van der Waals surface area contributed by atoms with E-state index in [2.05, 4.69) is 34.8 Å². The fourth-order valence-electron chi connectivity index (χ4n) is 4.20. The van der Waals surface area contributed by atoms with E-state index in [0.29, 0.717) is 12.5 Å². The van der Waals surface area contributed by atoms with Crippen LogP contribution in [0.3, 0.4) is 0 Å².